The van der Waals surface area contributed by atoms with Gasteiger partial charge in [-0.15, -0.1) is 11.3 Å². The van der Waals surface area contributed by atoms with E-state index >= 15 is 0 Å². The Morgan fingerprint density at radius 3 is 2.45 bits per heavy atom. The van der Waals surface area contributed by atoms with E-state index in [4.69, 9.17) is 4.74 Å². The number of hydrogen-bond donors (Lipinski definition) is 0. The second kappa shape index (κ2) is 10.4. The first-order valence-corrected chi connectivity index (χ1v) is 11.8. The summed E-state index contributed by atoms with van der Waals surface area (Å²) in [6.45, 7) is 6.50. The van der Waals surface area contributed by atoms with E-state index in [0.29, 0.717) is 38.3 Å². The highest BCUT2D eigenvalue weighted by Gasteiger charge is 2.23. The van der Waals surface area contributed by atoms with Crippen LogP contribution in [0.3, 0.4) is 0 Å². The maximum atomic E-state index is 12.7. The zero-order valence-electron chi connectivity index (χ0n) is 18.9. The van der Waals surface area contributed by atoms with E-state index in [1.54, 1.807) is 28.4 Å². The Kier molecular flexibility index (Phi) is 7.19. The Hall–Kier alpha value is -3.45. The Labute approximate surface area is 198 Å². The van der Waals surface area contributed by atoms with Gasteiger partial charge in [0.15, 0.2) is 0 Å². The highest BCUT2D eigenvalue weighted by Crippen LogP contribution is 2.18. The van der Waals surface area contributed by atoms with Gasteiger partial charge in [0, 0.05) is 43.2 Å². The van der Waals surface area contributed by atoms with Crippen LogP contribution in [0.2, 0.25) is 0 Å². The molecule has 1 aliphatic heterocycles. The van der Waals surface area contributed by atoms with Gasteiger partial charge in [0.25, 0.3) is 5.91 Å². The number of nitrogens with zero attached hydrogens (tertiary/aromatic N) is 3. The number of aryl methyl sites for hydroxylation is 2. The van der Waals surface area contributed by atoms with Crippen molar-refractivity contribution in [2.75, 3.05) is 26.2 Å². The van der Waals surface area contributed by atoms with Crippen LogP contribution in [-0.2, 0) is 11.4 Å². The van der Waals surface area contributed by atoms with Crippen LogP contribution in [-0.4, -0.2) is 52.8 Å². The number of carbonyl (C=O) groups excluding carboxylic acids is 2. The Balaban J connectivity index is 1.28. The first-order valence-electron chi connectivity index (χ1n) is 10.9. The average molecular weight is 462 g/mol. The number of aromatic nitrogens is 1. The molecular weight excluding hydrogens is 434 g/mol. The molecule has 0 saturated carbocycles. The van der Waals surface area contributed by atoms with Crippen molar-refractivity contribution in [3.05, 3.63) is 87.4 Å². The summed E-state index contributed by atoms with van der Waals surface area (Å²) >= 11 is 1.60. The minimum atomic E-state index is -0.0540. The summed E-state index contributed by atoms with van der Waals surface area (Å²) in [5.74, 6) is 0.697. The molecule has 1 fully saturated rings. The quantitative estimate of drug-likeness (QED) is 0.513. The topological polar surface area (TPSA) is 62.7 Å². The lowest BCUT2D eigenvalue weighted by molar-refractivity contribution is -0.127. The molecule has 1 saturated heterocycles. The first-order chi connectivity index (χ1) is 16.0. The van der Waals surface area contributed by atoms with Gasteiger partial charge < -0.3 is 14.5 Å². The number of carbonyl (C=O) groups is 2. The number of benzene rings is 2. The fraction of sp³-hybridized carbons (Fsp3) is 0.269. The molecule has 1 aliphatic rings. The molecule has 0 unspecified atom stereocenters. The first kappa shape index (κ1) is 22.7. The molecule has 6 nitrogen and oxygen atoms in total. The maximum Gasteiger partial charge on any atom is 0.253 e. The van der Waals surface area contributed by atoms with Gasteiger partial charge in [0.05, 0.1) is 10.7 Å². The lowest BCUT2D eigenvalue weighted by Crippen LogP contribution is -2.50. The fourth-order valence-corrected chi connectivity index (χ4v) is 4.22. The van der Waals surface area contributed by atoms with E-state index in [2.05, 4.69) is 4.98 Å². The summed E-state index contributed by atoms with van der Waals surface area (Å²) in [4.78, 5) is 33.3. The van der Waals surface area contributed by atoms with Gasteiger partial charge in [-0.25, -0.2) is 4.98 Å². The highest BCUT2D eigenvalue weighted by atomic mass is 32.1. The van der Waals surface area contributed by atoms with Crippen LogP contribution >= 0.6 is 11.3 Å². The molecule has 0 atom stereocenters. The third-order valence-corrected chi connectivity index (χ3v) is 6.33. The molecule has 7 heteroatoms. The Morgan fingerprint density at radius 2 is 1.76 bits per heavy atom. The van der Waals surface area contributed by atoms with Crippen LogP contribution in [0.15, 0.2) is 60.0 Å². The summed E-state index contributed by atoms with van der Waals surface area (Å²) in [5, 5.41) is 3.01. The summed E-state index contributed by atoms with van der Waals surface area (Å²) in [7, 11) is 0. The van der Waals surface area contributed by atoms with Gasteiger partial charge in [-0.2, -0.15) is 0 Å². The van der Waals surface area contributed by atoms with Crippen LogP contribution in [0, 0.1) is 13.8 Å². The number of rotatable bonds is 6. The molecule has 33 heavy (non-hydrogen) atoms. The molecule has 2 amide bonds. The van der Waals surface area contributed by atoms with Gasteiger partial charge in [-0.1, -0.05) is 29.8 Å². The van der Waals surface area contributed by atoms with Gasteiger partial charge >= 0.3 is 0 Å². The largest absolute Gasteiger partial charge is 0.487 e. The normalized spacial score (nSPS) is 14.0. The molecule has 1 aromatic heterocycles. The fourth-order valence-electron chi connectivity index (χ4n) is 3.62. The van der Waals surface area contributed by atoms with Crippen molar-refractivity contribution in [3.63, 3.8) is 0 Å². The van der Waals surface area contributed by atoms with Gasteiger partial charge in [0.2, 0.25) is 5.91 Å². The predicted molar refractivity (Wildman–Crippen MR) is 130 cm³/mol. The van der Waals surface area contributed by atoms with Crippen molar-refractivity contribution in [3.8, 4) is 5.75 Å². The molecule has 4 rings (SSSR count). The van der Waals surface area contributed by atoms with E-state index in [1.807, 2.05) is 72.7 Å². The molecule has 2 aromatic carbocycles. The molecule has 3 aromatic rings. The SMILES string of the molecule is Cc1ccc(C(=O)N2CCN(C(=O)/C=C/c3cccc(OCc4csc(C)n4)c3)CC2)cc1. The average Bonchev–Trinajstić information content (AvgIpc) is 3.26. The lowest BCUT2D eigenvalue weighted by Gasteiger charge is -2.34. The van der Waals surface area contributed by atoms with Gasteiger partial charge in [0.1, 0.15) is 12.4 Å². The van der Waals surface area contributed by atoms with Crippen molar-refractivity contribution in [1.29, 1.82) is 0 Å². The number of piperazine rings is 1. The molecule has 2 heterocycles. The zero-order valence-corrected chi connectivity index (χ0v) is 19.7. The van der Waals surface area contributed by atoms with Gasteiger partial charge in [-0.3, -0.25) is 9.59 Å². The number of amides is 2. The van der Waals surface area contributed by atoms with E-state index in [-0.39, 0.29) is 11.8 Å². The van der Waals surface area contributed by atoms with E-state index in [0.717, 1.165) is 27.6 Å². The summed E-state index contributed by atoms with van der Waals surface area (Å²) in [6.07, 6.45) is 3.38. The van der Waals surface area contributed by atoms with E-state index in [1.165, 1.54) is 0 Å². The number of ether oxygens (including phenoxy) is 1. The van der Waals surface area contributed by atoms with Crippen LogP contribution in [0.25, 0.3) is 6.08 Å². The van der Waals surface area contributed by atoms with E-state index in [9.17, 15) is 9.59 Å². The molecule has 0 radical (unpaired) electrons. The summed E-state index contributed by atoms with van der Waals surface area (Å²) in [6, 6.07) is 15.2. The minimum Gasteiger partial charge on any atom is -0.487 e. The second-order valence-corrected chi connectivity index (χ2v) is 9.10. The van der Waals surface area contributed by atoms with Crippen molar-refractivity contribution in [2.45, 2.75) is 20.5 Å². The predicted octanol–water partition coefficient (Wildman–Crippen LogP) is 4.34. The molecule has 0 spiro atoms. The number of hydrogen-bond acceptors (Lipinski definition) is 5. The summed E-state index contributed by atoms with van der Waals surface area (Å²) < 4.78 is 5.82. The number of thiazole rings is 1. The molecule has 170 valence electrons. The van der Waals surface area contributed by atoms with Crippen molar-refractivity contribution >= 4 is 29.2 Å². The zero-order chi connectivity index (χ0) is 23.2. The Morgan fingerprint density at radius 1 is 1.03 bits per heavy atom. The van der Waals surface area contributed by atoms with Crippen LogP contribution in [0.5, 0.6) is 5.75 Å². The Bertz CT molecular complexity index is 1150. The van der Waals surface area contributed by atoms with Crippen LogP contribution in [0.4, 0.5) is 0 Å². The second-order valence-electron chi connectivity index (χ2n) is 8.04. The lowest BCUT2D eigenvalue weighted by atomic mass is 10.1. The summed E-state index contributed by atoms with van der Waals surface area (Å²) in [5.41, 5.74) is 3.62. The highest BCUT2D eigenvalue weighted by molar-refractivity contribution is 7.09. The van der Waals surface area contributed by atoms with Crippen molar-refractivity contribution < 1.29 is 14.3 Å². The van der Waals surface area contributed by atoms with Crippen molar-refractivity contribution in [1.82, 2.24) is 14.8 Å². The van der Waals surface area contributed by atoms with Crippen LogP contribution < -0.4 is 4.74 Å². The van der Waals surface area contributed by atoms with Gasteiger partial charge in [-0.05, 0) is 49.8 Å². The smallest absolute Gasteiger partial charge is 0.253 e. The molecule has 0 N–H and O–H groups in total. The van der Waals surface area contributed by atoms with Crippen LogP contribution in [0.1, 0.15) is 32.2 Å². The minimum absolute atomic E-state index is 0.0160. The molecular formula is C26H27N3O3S. The molecule has 0 aliphatic carbocycles. The standard InChI is InChI=1S/C26H27N3O3S/c1-19-6-9-22(10-7-19)26(31)29-14-12-28(13-15-29)25(30)11-8-21-4-3-5-24(16-21)32-17-23-18-33-20(2)27-23/h3-11,16,18H,12-15,17H2,1-2H3/b11-8+. The maximum absolute atomic E-state index is 12.7. The van der Waals surface area contributed by atoms with Crippen molar-refractivity contribution in [2.24, 2.45) is 0 Å². The third-order valence-electron chi connectivity index (χ3n) is 5.51. The molecule has 0 bridgehead atoms. The third kappa shape index (κ3) is 6.08. The van der Waals surface area contributed by atoms with E-state index < -0.39 is 0 Å². The monoisotopic (exact) mass is 461 g/mol.